The lowest BCUT2D eigenvalue weighted by Crippen LogP contribution is -2.36. The van der Waals surface area contributed by atoms with Crippen molar-refractivity contribution >= 4 is 33.7 Å². The Bertz CT molecular complexity index is 1210. The van der Waals surface area contributed by atoms with Crippen LogP contribution in [0.4, 0.5) is 13.9 Å². The van der Waals surface area contributed by atoms with Crippen LogP contribution >= 0.6 is 22.7 Å². The smallest absolute Gasteiger partial charge is 0.232 e. The minimum absolute atomic E-state index is 0.311. The predicted molar refractivity (Wildman–Crippen MR) is 125 cm³/mol. The van der Waals surface area contributed by atoms with Gasteiger partial charge in [0.1, 0.15) is 17.1 Å². The van der Waals surface area contributed by atoms with Crippen LogP contribution in [0.2, 0.25) is 0 Å². The zero-order chi connectivity index (χ0) is 22.9. The molecule has 1 unspecified atom stereocenters. The zero-order valence-corrected chi connectivity index (χ0v) is 19.4. The van der Waals surface area contributed by atoms with Crippen LogP contribution in [0.25, 0.3) is 10.4 Å². The number of halogens is 2. The van der Waals surface area contributed by atoms with Crippen LogP contribution in [0.3, 0.4) is 0 Å². The summed E-state index contributed by atoms with van der Waals surface area (Å²) in [5.41, 5.74) is 3.09. The predicted octanol–water partition coefficient (Wildman–Crippen LogP) is 6.65. The van der Waals surface area contributed by atoms with Crippen molar-refractivity contribution in [3.63, 3.8) is 0 Å². The van der Waals surface area contributed by atoms with E-state index in [2.05, 4.69) is 15.5 Å². The van der Waals surface area contributed by atoms with Crippen molar-refractivity contribution in [3.05, 3.63) is 87.7 Å². The lowest BCUT2D eigenvalue weighted by molar-refractivity contribution is -0.124. The van der Waals surface area contributed by atoms with Crippen molar-refractivity contribution in [3.8, 4) is 10.4 Å². The van der Waals surface area contributed by atoms with Crippen LogP contribution < -0.4 is 5.32 Å². The molecule has 4 rings (SSSR count). The number of aryl methyl sites for hydroxylation is 1. The van der Waals surface area contributed by atoms with Crippen molar-refractivity contribution in [2.45, 2.75) is 26.7 Å². The van der Waals surface area contributed by atoms with E-state index >= 15 is 0 Å². The highest BCUT2D eigenvalue weighted by Gasteiger charge is 2.40. The number of rotatable bonds is 6. The molecule has 2 heterocycles. The van der Waals surface area contributed by atoms with Gasteiger partial charge in [0.25, 0.3) is 0 Å². The molecule has 1 atom stereocenters. The van der Waals surface area contributed by atoms with Gasteiger partial charge in [-0.25, -0.2) is 8.78 Å². The molecule has 4 nitrogen and oxygen atoms in total. The molecule has 0 aliphatic heterocycles. The summed E-state index contributed by atoms with van der Waals surface area (Å²) in [4.78, 5) is 15.1. The number of nitrogens with one attached hydrogen (secondary N) is 1. The van der Waals surface area contributed by atoms with Crippen LogP contribution in [0.1, 0.15) is 35.8 Å². The third-order valence-electron chi connectivity index (χ3n) is 5.35. The van der Waals surface area contributed by atoms with Gasteiger partial charge in [0.05, 0.1) is 5.41 Å². The number of thiophene rings is 1. The maximum absolute atomic E-state index is 14.2. The van der Waals surface area contributed by atoms with Gasteiger partial charge in [-0.3, -0.25) is 4.79 Å². The summed E-state index contributed by atoms with van der Waals surface area (Å²) in [5.74, 6) is -2.25. The van der Waals surface area contributed by atoms with Crippen molar-refractivity contribution in [2.24, 2.45) is 5.41 Å². The van der Waals surface area contributed by atoms with Crippen molar-refractivity contribution < 1.29 is 13.6 Å². The molecule has 8 heteroatoms. The Hall–Kier alpha value is -2.97. The molecule has 0 aliphatic carbocycles. The quantitative estimate of drug-likeness (QED) is 0.344. The van der Waals surface area contributed by atoms with Crippen LogP contribution in [-0.2, 0) is 4.79 Å². The summed E-state index contributed by atoms with van der Waals surface area (Å²) in [6, 6.07) is 15.5. The van der Waals surface area contributed by atoms with Crippen LogP contribution in [0.5, 0.6) is 0 Å². The van der Waals surface area contributed by atoms with Crippen LogP contribution in [0, 0.1) is 24.0 Å². The van der Waals surface area contributed by atoms with E-state index in [1.165, 1.54) is 40.3 Å². The Morgan fingerprint density at radius 1 is 1.03 bits per heavy atom. The third-order valence-corrected chi connectivity index (χ3v) is 7.16. The van der Waals surface area contributed by atoms with E-state index in [0.29, 0.717) is 10.7 Å². The van der Waals surface area contributed by atoms with E-state index in [0.717, 1.165) is 26.9 Å². The molecular weight excluding hydrogens is 448 g/mol. The Morgan fingerprint density at radius 2 is 1.72 bits per heavy atom. The molecule has 0 saturated carbocycles. The first kappa shape index (κ1) is 22.2. The Balaban J connectivity index is 1.77. The normalized spacial score (nSPS) is 12.5. The number of anilines is 1. The number of amides is 1. The van der Waals surface area contributed by atoms with Gasteiger partial charge < -0.3 is 5.32 Å². The molecule has 32 heavy (non-hydrogen) atoms. The highest BCUT2D eigenvalue weighted by atomic mass is 32.1. The Morgan fingerprint density at radius 3 is 2.34 bits per heavy atom. The minimum atomic E-state index is -1.04. The van der Waals surface area contributed by atoms with Crippen LogP contribution in [0.15, 0.2) is 60.1 Å². The minimum Gasteiger partial charge on any atom is -0.300 e. The van der Waals surface area contributed by atoms with Crippen molar-refractivity contribution in [1.29, 1.82) is 0 Å². The summed E-state index contributed by atoms with van der Waals surface area (Å²) in [6.45, 7) is 5.56. The number of carbonyl (C=O) groups excluding carboxylic acids is 1. The molecule has 1 N–H and O–H groups in total. The van der Waals surface area contributed by atoms with Gasteiger partial charge in [-0.15, -0.1) is 21.5 Å². The molecule has 0 spiro atoms. The summed E-state index contributed by atoms with van der Waals surface area (Å²) in [5, 5.41) is 10.8. The monoisotopic (exact) mass is 469 g/mol. The van der Waals surface area contributed by atoms with Crippen molar-refractivity contribution in [1.82, 2.24) is 10.2 Å². The second-order valence-corrected chi connectivity index (χ2v) is 10.1. The SMILES string of the molecule is Cc1ccc(-c2ccc(C(c3cc(F)cc(F)c3)C(C)(C)C(=O)Nc3nncs3)s2)cc1. The van der Waals surface area contributed by atoms with Crippen LogP contribution in [-0.4, -0.2) is 16.1 Å². The zero-order valence-electron chi connectivity index (χ0n) is 17.7. The number of hydrogen-bond donors (Lipinski definition) is 1. The highest BCUT2D eigenvalue weighted by Crippen LogP contribution is 2.46. The maximum atomic E-state index is 14.2. The summed E-state index contributed by atoms with van der Waals surface area (Å²) in [6.07, 6.45) is 0. The molecule has 164 valence electrons. The molecule has 2 aromatic carbocycles. The van der Waals surface area contributed by atoms with Gasteiger partial charge in [-0.2, -0.15) is 0 Å². The average molecular weight is 470 g/mol. The molecule has 1 amide bonds. The molecule has 4 aromatic rings. The van der Waals surface area contributed by atoms with E-state index in [1.807, 2.05) is 43.3 Å². The average Bonchev–Trinajstić information content (AvgIpc) is 3.40. The molecule has 0 aliphatic rings. The van der Waals surface area contributed by atoms with E-state index in [9.17, 15) is 13.6 Å². The van der Waals surface area contributed by atoms with Gasteiger partial charge in [0, 0.05) is 21.7 Å². The first-order chi connectivity index (χ1) is 15.2. The fourth-order valence-electron chi connectivity index (χ4n) is 3.68. The lowest BCUT2D eigenvalue weighted by atomic mass is 9.73. The fraction of sp³-hybridized carbons (Fsp3) is 0.208. The highest BCUT2D eigenvalue weighted by molar-refractivity contribution is 7.15. The van der Waals surface area contributed by atoms with Gasteiger partial charge >= 0.3 is 0 Å². The van der Waals surface area contributed by atoms with E-state index in [4.69, 9.17) is 0 Å². The second kappa shape index (κ2) is 8.88. The topological polar surface area (TPSA) is 54.9 Å². The van der Waals surface area contributed by atoms with Gasteiger partial charge in [-0.05, 0) is 42.3 Å². The first-order valence-corrected chi connectivity index (χ1v) is 11.6. The maximum Gasteiger partial charge on any atom is 0.232 e. The number of aromatic nitrogens is 2. The number of benzene rings is 2. The fourth-order valence-corrected chi connectivity index (χ4v) is 5.44. The Kier molecular flexibility index (Phi) is 6.17. The number of carbonyl (C=O) groups is 1. The summed E-state index contributed by atoms with van der Waals surface area (Å²) >= 11 is 2.72. The second-order valence-electron chi connectivity index (χ2n) is 8.12. The summed E-state index contributed by atoms with van der Waals surface area (Å²) < 4.78 is 28.3. The summed E-state index contributed by atoms with van der Waals surface area (Å²) in [7, 11) is 0. The number of nitrogens with zero attached hydrogens (tertiary/aromatic N) is 2. The Labute approximate surface area is 193 Å². The molecular formula is C24H21F2N3OS2. The van der Waals surface area contributed by atoms with Gasteiger partial charge in [-0.1, -0.05) is 55.0 Å². The van der Waals surface area contributed by atoms with Gasteiger partial charge in [0.2, 0.25) is 11.0 Å². The standard InChI is InChI=1S/C24H21F2N3OS2/c1-14-4-6-15(7-5-14)19-8-9-20(32-19)21(16-10-17(25)12-18(26)11-16)24(2,3)22(30)28-23-29-27-13-31-23/h4-13,21H,1-3H3,(H,28,29,30). The van der Waals surface area contributed by atoms with Crippen molar-refractivity contribution in [2.75, 3.05) is 5.32 Å². The third kappa shape index (κ3) is 4.61. The molecule has 0 fully saturated rings. The van der Waals surface area contributed by atoms with Gasteiger partial charge in [0.15, 0.2) is 0 Å². The molecule has 2 aromatic heterocycles. The van der Waals surface area contributed by atoms with E-state index in [-0.39, 0.29) is 5.91 Å². The molecule has 0 bridgehead atoms. The number of hydrogen-bond acceptors (Lipinski definition) is 5. The van der Waals surface area contributed by atoms with E-state index in [1.54, 1.807) is 13.8 Å². The molecule has 0 saturated heterocycles. The lowest BCUT2D eigenvalue weighted by Gasteiger charge is -2.32. The first-order valence-electron chi connectivity index (χ1n) is 9.94. The van der Waals surface area contributed by atoms with E-state index < -0.39 is 23.0 Å². The largest absolute Gasteiger partial charge is 0.300 e. The molecule has 0 radical (unpaired) electrons.